The maximum atomic E-state index is 12.5. The molecule has 1 N–H and O–H groups in total. The Labute approximate surface area is 138 Å². The van der Waals surface area contributed by atoms with Crippen molar-refractivity contribution in [1.82, 2.24) is 4.90 Å². The van der Waals surface area contributed by atoms with Gasteiger partial charge in [-0.15, -0.1) is 0 Å². The van der Waals surface area contributed by atoms with E-state index in [1.807, 2.05) is 6.92 Å². The van der Waals surface area contributed by atoms with Crippen molar-refractivity contribution in [2.24, 2.45) is 5.92 Å². The maximum Gasteiger partial charge on any atom is 0.306 e. The van der Waals surface area contributed by atoms with E-state index in [0.717, 1.165) is 16.6 Å². The molecule has 1 aromatic carbocycles. The maximum absolute atomic E-state index is 12.5. The first kappa shape index (κ1) is 16.8. The number of rotatable bonds is 5. The molecule has 1 saturated heterocycles. The van der Waals surface area contributed by atoms with Gasteiger partial charge >= 0.3 is 5.97 Å². The number of ether oxygens (including phenoxy) is 1. The van der Waals surface area contributed by atoms with Crippen LogP contribution in [0.4, 0.5) is 0 Å². The van der Waals surface area contributed by atoms with Gasteiger partial charge in [0.2, 0.25) is 0 Å². The highest BCUT2D eigenvalue weighted by atomic mass is 79.9. The second kappa shape index (κ2) is 7.63. The molecule has 0 aromatic heterocycles. The van der Waals surface area contributed by atoms with Gasteiger partial charge in [0.15, 0.2) is 0 Å². The predicted octanol–water partition coefficient (Wildman–Crippen LogP) is 3.17. The first-order valence-corrected chi connectivity index (χ1v) is 8.26. The molecule has 1 amide bonds. The molecule has 6 heteroatoms. The van der Waals surface area contributed by atoms with Gasteiger partial charge in [0.1, 0.15) is 5.75 Å². The molecule has 0 atom stereocenters. The second-order valence-electron chi connectivity index (χ2n) is 5.40. The molecule has 5 nitrogen and oxygen atoms in total. The Hall–Kier alpha value is -1.56. The summed E-state index contributed by atoms with van der Waals surface area (Å²) in [4.78, 5) is 25.1. The van der Waals surface area contributed by atoms with E-state index in [-0.39, 0.29) is 11.8 Å². The van der Waals surface area contributed by atoms with Crippen LogP contribution in [0.15, 0.2) is 22.7 Å². The summed E-state index contributed by atoms with van der Waals surface area (Å²) >= 11 is 3.42. The number of hydrogen-bond acceptors (Lipinski definition) is 3. The molecule has 0 spiro atoms. The number of likely N-dealkylation sites (tertiary alicyclic amines) is 1. The number of nitrogens with zero attached hydrogens (tertiary/aromatic N) is 1. The van der Waals surface area contributed by atoms with Crippen molar-refractivity contribution in [3.8, 4) is 5.75 Å². The number of halogens is 1. The molecule has 1 fully saturated rings. The molecule has 1 heterocycles. The molecule has 120 valence electrons. The van der Waals surface area contributed by atoms with Crippen molar-refractivity contribution in [3.63, 3.8) is 0 Å². The Kier molecular flexibility index (Phi) is 5.83. The molecule has 0 aliphatic carbocycles. The van der Waals surface area contributed by atoms with Gasteiger partial charge in [-0.25, -0.2) is 0 Å². The lowest BCUT2D eigenvalue weighted by Crippen LogP contribution is -2.40. The van der Waals surface area contributed by atoms with E-state index in [1.54, 1.807) is 23.1 Å². The molecule has 2 rings (SSSR count). The summed E-state index contributed by atoms with van der Waals surface area (Å²) in [5.41, 5.74) is 0.587. The average molecular weight is 370 g/mol. The van der Waals surface area contributed by atoms with Crippen LogP contribution in [0.3, 0.4) is 0 Å². The number of hydrogen-bond donors (Lipinski definition) is 1. The fourth-order valence-corrected chi connectivity index (χ4v) is 2.97. The Morgan fingerprint density at radius 2 is 2.05 bits per heavy atom. The molecule has 0 radical (unpaired) electrons. The fraction of sp³-hybridized carbons (Fsp3) is 0.500. The van der Waals surface area contributed by atoms with E-state index < -0.39 is 5.97 Å². The normalized spacial score (nSPS) is 15.6. The van der Waals surface area contributed by atoms with Crippen LogP contribution in [-0.2, 0) is 4.79 Å². The number of aliphatic carboxylic acids is 1. The van der Waals surface area contributed by atoms with Crippen LogP contribution in [0.5, 0.6) is 5.75 Å². The van der Waals surface area contributed by atoms with Crippen molar-refractivity contribution < 1.29 is 19.4 Å². The molecule has 1 aliphatic heterocycles. The van der Waals surface area contributed by atoms with Crippen LogP contribution < -0.4 is 4.74 Å². The molecule has 0 saturated carbocycles. The first-order valence-electron chi connectivity index (χ1n) is 7.47. The lowest BCUT2D eigenvalue weighted by Gasteiger charge is -2.30. The van der Waals surface area contributed by atoms with E-state index in [1.165, 1.54) is 0 Å². The smallest absolute Gasteiger partial charge is 0.306 e. The van der Waals surface area contributed by atoms with Crippen LogP contribution in [0, 0.1) is 5.92 Å². The number of benzene rings is 1. The predicted molar refractivity (Wildman–Crippen MR) is 86.2 cm³/mol. The number of piperidine rings is 1. The lowest BCUT2D eigenvalue weighted by molar-refractivity contribution is -0.143. The monoisotopic (exact) mass is 369 g/mol. The van der Waals surface area contributed by atoms with Crippen molar-refractivity contribution in [3.05, 3.63) is 28.2 Å². The number of carboxylic acids is 1. The number of amides is 1. The van der Waals surface area contributed by atoms with Crippen molar-refractivity contribution >= 4 is 27.8 Å². The molecule has 1 aliphatic rings. The van der Waals surface area contributed by atoms with E-state index >= 15 is 0 Å². The Morgan fingerprint density at radius 3 is 2.59 bits per heavy atom. The number of carbonyl (C=O) groups excluding carboxylic acids is 1. The van der Waals surface area contributed by atoms with Crippen LogP contribution in [-0.4, -0.2) is 41.6 Å². The van der Waals surface area contributed by atoms with E-state index in [4.69, 9.17) is 9.84 Å². The molecular weight excluding hydrogens is 350 g/mol. The highest BCUT2D eigenvalue weighted by Crippen LogP contribution is 2.27. The first-order chi connectivity index (χ1) is 10.5. The number of carbonyl (C=O) groups is 2. The SMILES string of the molecule is CCCOc1ccc(C(=O)N2CCC(C(=O)O)CC2)cc1Br. The van der Waals surface area contributed by atoms with Crippen LogP contribution in [0.2, 0.25) is 0 Å². The Bertz CT molecular complexity index is 553. The third kappa shape index (κ3) is 4.00. The summed E-state index contributed by atoms with van der Waals surface area (Å²) < 4.78 is 6.33. The van der Waals surface area contributed by atoms with E-state index in [2.05, 4.69) is 15.9 Å². The standard InChI is InChI=1S/C16H20BrNO4/c1-2-9-22-14-4-3-12(10-13(14)17)15(19)18-7-5-11(6-8-18)16(20)21/h3-4,10-11H,2,5-9H2,1H3,(H,20,21). The molecule has 0 bridgehead atoms. The van der Waals surface area contributed by atoms with Gasteiger partial charge in [-0.2, -0.15) is 0 Å². The summed E-state index contributed by atoms with van der Waals surface area (Å²) in [6, 6.07) is 5.30. The number of carboxylic acid groups (broad SMARTS) is 1. The summed E-state index contributed by atoms with van der Waals surface area (Å²) in [7, 11) is 0. The van der Waals surface area contributed by atoms with Crippen LogP contribution >= 0.6 is 15.9 Å². The molecule has 0 unspecified atom stereocenters. The van der Waals surface area contributed by atoms with Gasteiger partial charge in [0.25, 0.3) is 5.91 Å². The minimum atomic E-state index is -0.771. The minimum Gasteiger partial charge on any atom is -0.492 e. The Morgan fingerprint density at radius 1 is 1.36 bits per heavy atom. The van der Waals surface area contributed by atoms with Crippen molar-refractivity contribution in [2.45, 2.75) is 26.2 Å². The molecular formula is C16H20BrNO4. The minimum absolute atomic E-state index is 0.0634. The largest absolute Gasteiger partial charge is 0.492 e. The topological polar surface area (TPSA) is 66.8 Å². The third-order valence-electron chi connectivity index (χ3n) is 3.77. The average Bonchev–Trinajstić information content (AvgIpc) is 2.53. The van der Waals surface area contributed by atoms with Gasteiger partial charge in [0, 0.05) is 18.7 Å². The lowest BCUT2D eigenvalue weighted by atomic mass is 9.96. The van der Waals surface area contributed by atoms with Gasteiger partial charge in [-0.1, -0.05) is 6.92 Å². The molecule has 1 aromatic rings. The Balaban J connectivity index is 2.01. The zero-order valence-electron chi connectivity index (χ0n) is 12.5. The fourth-order valence-electron chi connectivity index (χ4n) is 2.48. The van der Waals surface area contributed by atoms with Crippen LogP contribution in [0.25, 0.3) is 0 Å². The molecule has 22 heavy (non-hydrogen) atoms. The van der Waals surface area contributed by atoms with Gasteiger partial charge in [0.05, 0.1) is 17.0 Å². The van der Waals surface area contributed by atoms with Gasteiger partial charge in [-0.05, 0) is 53.4 Å². The zero-order chi connectivity index (χ0) is 16.1. The van der Waals surface area contributed by atoms with Gasteiger partial charge in [-0.3, -0.25) is 9.59 Å². The third-order valence-corrected chi connectivity index (χ3v) is 4.39. The summed E-state index contributed by atoms with van der Waals surface area (Å²) in [6.07, 6.45) is 1.95. The van der Waals surface area contributed by atoms with Crippen molar-refractivity contribution in [1.29, 1.82) is 0 Å². The van der Waals surface area contributed by atoms with Crippen LogP contribution in [0.1, 0.15) is 36.5 Å². The summed E-state index contributed by atoms with van der Waals surface area (Å²) in [6.45, 7) is 3.64. The van der Waals surface area contributed by atoms with Crippen molar-refractivity contribution in [2.75, 3.05) is 19.7 Å². The van der Waals surface area contributed by atoms with E-state index in [9.17, 15) is 9.59 Å². The second-order valence-corrected chi connectivity index (χ2v) is 6.25. The summed E-state index contributed by atoms with van der Waals surface area (Å²) in [5.74, 6) is -0.442. The van der Waals surface area contributed by atoms with Gasteiger partial charge < -0.3 is 14.7 Å². The highest BCUT2D eigenvalue weighted by Gasteiger charge is 2.27. The highest BCUT2D eigenvalue weighted by molar-refractivity contribution is 9.10. The quantitative estimate of drug-likeness (QED) is 0.865. The summed E-state index contributed by atoms with van der Waals surface area (Å²) in [5, 5.41) is 8.99. The zero-order valence-corrected chi connectivity index (χ0v) is 14.1. The van der Waals surface area contributed by atoms with E-state index in [0.29, 0.717) is 38.1 Å².